The molecule has 0 aliphatic rings. The Balaban J connectivity index is 2.42. The molecule has 1 heterocycles. The molecule has 0 aliphatic heterocycles. The van der Waals surface area contributed by atoms with E-state index in [2.05, 4.69) is 58.9 Å². The summed E-state index contributed by atoms with van der Waals surface area (Å²) >= 11 is 4.17. The van der Waals surface area contributed by atoms with E-state index in [1.807, 2.05) is 37.0 Å². The molecule has 2 aromatic rings. The Morgan fingerprint density at radius 3 is 2.50 bits per heavy atom. The van der Waals surface area contributed by atoms with Crippen LogP contribution in [-0.4, -0.2) is 22.3 Å². The van der Waals surface area contributed by atoms with Crippen LogP contribution in [0.5, 0.6) is 0 Å². The van der Waals surface area contributed by atoms with Crippen molar-refractivity contribution in [3.8, 4) is 11.3 Å². The van der Waals surface area contributed by atoms with E-state index in [9.17, 15) is 0 Å². The molecule has 5 heteroatoms. The number of halogens is 1. The van der Waals surface area contributed by atoms with Gasteiger partial charge in [-0.1, -0.05) is 44.2 Å². The van der Waals surface area contributed by atoms with Crippen molar-refractivity contribution in [3.05, 3.63) is 39.7 Å². The second kappa shape index (κ2) is 7.26. The highest BCUT2D eigenvalue weighted by Gasteiger charge is 2.13. The van der Waals surface area contributed by atoms with Crippen molar-refractivity contribution in [3.63, 3.8) is 0 Å². The van der Waals surface area contributed by atoms with E-state index in [1.165, 1.54) is 0 Å². The molecule has 2 rings (SSSR count). The van der Waals surface area contributed by atoms with Gasteiger partial charge in [-0.15, -0.1) is 0 Å². The first-order valence-electron chi connectivity index (χ1n) is 6.53. The van der Waals surface area contributed by atoms with Crippen LogP contribution in [0.25, 0.3) is 11.3 Å². The average molecular weight is 399 g/mol. The SMILES string of the molecule is CNc1nc(CSC(C)C)nc(-c2ccccc2)c1I. The number of anilines is 1. The molecule has 0 radical (unpaired) electrons. The van der Waals surface area contributed by atoms with Crippen LogP contribution < -0.4 is 5.32 Å². The lowest BCUT2D eigenvalue weighted by Gasteiger charge is -2.12. The number of rotatable bonds is 5. The van der Waals surface area contributed by atoms with Gasteiger partial charge in [0.15, 0.2) is 0 Å². The fourth-order valence-corrected chi connectivity index (χ4v) is 3.19. The van der Waals surface area contributed by atoms with Gasteiger partial charge >= 0.3 is 0 Å². The first-order chi connectivity index (χ1) is 9.61. The minimum atomic E-state index is 0.580. The Bertz CT molecular complexity index is 573. The normalized spacial score (nSPS) is 10.8. The number of hydrogen-bond acceptors (Lipinski definition) is 4. The topological polar surface area (TPSA) is 37.8 Å². The lowest BCUT2D eigenvalue weighted by molar-refractivity contribution is 1.02. The van der Waals surface area contributed by atoms with Gasteiger partial charge in [-0.05, 0) is 27.8 Å². The summed E-state index contributed by atoms with van der Waals surface area (Å²) in [7, 11) is 1.90. The predicted molar refractivity (Wildman–Crippen MR) is 96.2 cm³/mol. The van der Waals surface area contributed by atoms with Crippen molar-refractivity contribution in [2.45, 2.75) is 24.9 Å². The summed E-state index contributed by atoms with van der Waals surface area (Å²) in [5.41, 5.74) is 2.14. The number of benzene rings is 1. The number of nitrogens with one attached hydrogen (secondary N) is 1. The third-order valence-electron chi connectivity index (χ3n) is 2.73. The molecule has 1 aromatic carbocycles. The van der Waals surface area contributed by atoms with Crippen LogP contribution in [0.15, 0.2) is 30.3 Å². The Hall–Kier alpha value is -0.820. The van der Waals surface area contributed by atoms with Gasteiger partial charge in [0.1, 0.15) is 11.6 Å². The molecule has 1 N–H and O–H groups in total. The lowest BCUT2D eigenvalue weighted by Crippen LogP contribution is -2.05. The highest BCUT2D eigenvalue weighted by atomic mass is 127. The largest absolute Gasteiger partial charge is 0.372 e. The average Bonchev–Trinajstić information content (AvgIpc) is 2.47. The second-order valence-corrected chi connectivity index (χ2v) is 7.27. The first-order valence-corrected chi connectivity index (χ1v) is 8.65. The van der Waals surface area contributed by atoms with Gasteiger partial charge in [0.25, 0.3) is 0 Å². The molecule has 1 aromatic heterocycles. The Morgan fingerprint density at radius 1 is 1.20 bits per heavy atom. The summed E-state index contributed by atoms with van der Waals surface area (Å²) in [6, 6.07) is 10.3. The van der Waals surface area contributed by atoms with Crippen molar-refractivity contribution in [2.75, 3.05) is 12.4 Å². The summed E-state index contributed by atoms with van der Waals surface area (Å²) < 4.78 is 1.06. The van der Waals surface area contributed by atoms with E-state index >= 15 is 0 Å². The van der Waals surface area contributed by atoms with Crippen LogP contribution >= 0.6 is 34.4 Å². The Morgan fingerprint density at radius 2 is 1.90 bits per heavy atom. The molecule has 0 unspecified atom stereocenters. The molecule has 20 heavy (non-hydrogen) atoms. The molecule has 0 atom stereocenters. The molecule has 0 bridgehead atoms. The molecule has 0 fully saturated rings. The summed E-state index contributed by atoms with van der Waals surface area (Å²) in [5, 5.41) is 3.75. The zero-order chi connectivity index (χ0) is 14.5. The number of hydrogen-bond donors (Lipinski definition) is 1. The zero-order valence-corrected chi connectivity index (χ0v) is 14.8. The van der Waals surface area contributed by atoms with Crippen LogP contribution in [0, 0.1) is 3.57 Å². The summed E-state index contributed by atoms with van der Waals surface area (Å²) in [6.45, 7) is 4.38. The lowest BCUT2D eigenvalue weighted by atomic mass is 10.1. The van der Waals surface area contributed by atoms with E-state index in [0.717, 1.165) is 32.2 Å². The third kappa shape index (κ3) is 3.85. The number of nitrogens with zero attached hydrogens (tertiary/aromatic N) is 2. The maximum Gasteiger partial charge on any atom is 0.143 e. The smallest absolute Gasteiger partial charge is 0.143 e. The molecule has 0 spiro atoms. The van der Waals surface area contributed by atoms with E-state index in [1.54, 1.807) is 0 Å². The van der Waals surface area contributed by atoms with Gasteiger partial charge in [0.2, 0.25) is 0 Å². The van der Waals surface area contributed by atoms with Gasteiger partial charge in [0, 0.05) is 12.6 Å². The van der Waals surface area contributed by atoms with Gasteiger partial charge < -0.3 is 5.32 Å². The van der Waals surface area contributed by atoms with Crippen molar-refractivity contribution in [1.82, 2.24) is 9.97 Å². The van der Waals surface area contributed by atoms with Gasteiger partial charge in [-0.25, -0.2) is 9.97 Å². The van der Waals surface area contributed by atoms with Crippen LogP contribution in [0.4, 0.5) is 5.82 Å². The quantitative estimate of drug-likeness (QED) is 0.755. The fraction of sp³-hybridized carbons (Fsp3) is 0.333. The summed E-state index contributed by atoms with van der Waals surface area (Å²) in [5.74, 6) is 2.62. The monoisotopic (exact) mass is 399 g/mol. The Kier molecular flexibility index (Phi) is 5.65. The highest BCUT2D eigenvalue weighted by Crippen LogP contribution is 2.29. The van der Waals surface area contributed by atoms with E-state index in [-0.39, 0.29) is 0 Å². The molecule has 3 nitrogen and oxygen atoms in total. The van der Waals surface area contributed by atoms with Crippen molar-refractivity contribution in [1.29, 1.82) is 0 Å². The summed E-state index contributed by atoms with van der Waals surface area (Å²) in [4.78, 5) is 9.34. The van der Waals surface area contributed by atoms with Crippen LogP contribution in [0.1, 0.15) is 19.7 Å². The highest BCUT2D eigenvalue weighted by molar-refractivity contribution is 14.1. The molecular weight excluding hydrogens is 381 g/mol. The maximum atomic E-state index is 4.74. The molecule has 106 valence electrons. The molecule has 0 saturated carbocycles. The summed E-state index contributed by atoms with van der Waals surface area (Å²) in [6.07, 6.45) is 0. The van der Waals surface area contributed by atoms with Crippen LogP contribution in [-0.2, 0) is 5.75 Å². The van der Waals surface area contributed by atoms with Gasteiger partial charge in [0.05, 0.1) is 15.0 Å². The predicted octanol–water partition coefficient (Wildman–Crippen LogP) is 4.43. The number of aromatic nitrogens is 2. The molecule has 0 amide bonds. The maximum absolute atomic E-state index is 4.74. The molecule has 0 saturated heterocycles. The second-order valence-electron chi connectivity index (χ2n) is 4.63. The molecule has 0 aliphatic carbocycles. The Labute approximate surface area is 138 Å². The molecular formula is C15H18IN3S. The fourth-order valence-electron chi connectivity index (χ4n) is 1.75. The van der Waals surface area contributed by atoms with E-state index in [4.69, 9.17) is 4.98 Å². The van der Waals surface area contributed by atoms with Crippen LogP contribution in [0.3, 0.4) is 0 Å². The van der Waals surface area contributed by atoms with Crippen molar-refractivity contribution < 1.29 is 0 Å². The van der Waals surface area contributed by atoms with E-state index in [0.29, 0.717) is 5.25 Å². The zero-order valence-electron chi connectivity index (χ0n) is 11.9. The van der Waals surface area contributed by atoms with Gasteiger partial charge in [-0.3, -0.25) is 0 Å². The van der Waals surface area contributed by atoms with Crippen molar-refractivity contribution in [2.24, 2.45) is 0 Å². The van der Waals surface area contributed by atoms with Crippen molar-refractivity contribution >= 4 is 40.2 Å². The van der Waals surface area contributed by atoms with E-state index < -0.39 is 0 Å². The minimum absolute atomic E-state index is 0.580. The number of thioether (sulfide) groups is 1. The minimum Gasteiger partial charge on any atom is -0.372 e. The first kappa shape index (κ1) is 15.6. The van der Waals surface area contributed by atoms with Gasteiger partial charge in [-0.2, -0.15) is 11.8 Å². The van der Waals surface area contributed by atoms with Crippen LogP contribution in [0.2, 0.25) is 0 Å². The third-order valence-corrected chi connectivity index (χ3v) is 4.84. The standard InChI is InChI=1S/C15H18IN3S/c1-10(2)20-9-12-18-14(11-7-5-4-6-8-11)13(16)15(17-3)19-12/h4-8,10H,9H2,1-3H3,(H,17,18,19).